The standard InChI is InChI=1S/C15H18FN3O/c1-3-6-17-8-12-9-19-15(10-18-12)20-14-7-11(2)4-5-13(14)16/h4-5,7,9-10,17H,3,6,8H2,1-2H3. The molecule has 0 fully saturated rings. The minimum Gasteiger partial charge on any atom is -0.434 e. The molecule has 0 atom stereocenters. The molecule has 0 saturated carbocycles. The molecule has 0 radical (unpaired) electrons. The minimum absolute atomic E-state index is 0.163. The van der Waals surface area contributed by atoms with Crippen LogP contribution in [-0.2, 0) is 6.54 Å². The number of hydrogen-bond donors (Lipinski definition) is 1. The third-order valence-electron chi connectivity index (χ3n) is 2.72. The van der Waals surface area contributed by atoms with E-state index in [0.717, 1.165) is 24.2 Å². The van der Waals surface area contributed by atoms with Crippen LogP contribution in [0.1, 0.15) is 24.6 Å². The maximum Gasteiger partial charge on any atom is 0.237 e. The van der Waals surface area contributed by atoms with Gasteiger partial charge in [-0.15, -0.1) is 0 Å². The van der Waals surface area contributed by atoms with Crippen LogP contribution in [0.5, 0.6) is 11.6 Å². The van der Waals surface area contributed by atoms with Gasteiger partial charge < -0.3 is 10.1 Å². The van der Waals surface area contributed by atoms with Gasteiger partial charge in [0, 0.05) is 6.54 Å². The quantitative estimate of drug-likeness (QED) is 0.822. The molecule has 0 aliphatic heterocycles. The van der Waals surface area contributed by atoms with Gasteiger partial charge in [-0.1, -0.05) is 13.0 Å². The van der Waals surface area contributed by atoms with Crippen molar-refractivity contribution in [1.82, 2.24) is 15.3 Å². The second-order valence-electron chi connectivity index (χ2n) is 4.56. The molecule has 1 heterocycles. The molecule has 0 aliphatic carbocycles. The van der Waals surface area contributed by atoms with Crippen molar-refractivity contribution in [2.45, 2.75) is 26.8 Å². The van der Waals surface area contributed by atoms with Crippen LogP contribution in [0.25, 0.3) is 0 Å². The van der Waals surface area contributed by atoms with Gasteiger partial charge in [0.25, 0.3) is 0 Å². The van der Waals surface area contributed by atoms with Crippen molar-refractivity contribution >= 4 is 0 Å². The highest BCUT2D eigenvalue weighted by molar-refractivity contribution is 5.32. The second-order valence-corrected chi connectivity index (χ2v) is 4.56. The first-order valence-corrected chi connectivity index (χ1v) is 6.64. The number of nitrogens with one attached hydrogen (secondary N) is 1. The van der Waals surface area contributed by atoms with E-state index in [1.807, 2.05) is 6.92 Å². The first-order valence-electron chi connectivity index (χ1n) is 6.64. The summed E-state index contributed by atoms with van der Waals surface area (Å²) < 4.78 is 19.0. The van der Waals surface area contributed by atoms with E-state index in [1.165, 1.54) is 12.3 Å². The Kier molecular flexibility index (Phi) is 5.01. The van der Waals surface area contributed by atoms with E-state index in [2.05, 4.69) is 22.2 Å². The molecule has 0 spiro atoms. The Balaban J connectivity index is 2.01. The molecule has 0 unspecified atom stereocenters. The van der Waals surface area contributed by atoms with E-state index < -0.39 is 5.82 Å². The third kappa shape index (κ3) is 3.99. The van der Waals surface area contributed by atoms with E-state index in [1.54, 1.807) is 18.3 Å². The summed E-state index contributed by atoms with van der Waals surface area (Å²) >= 11 is 0. The minimum atomic E-state index is -0.411. The van der Waals surface area contributed by atoms with E-state index in [0.29, 0.717) is 6.54 Å². The maximum absolute atomic E-state index is 13.6. The molecular weight excluding hydrogens is 257 g/mol. The van der Waals surface area contributed by atoms with E-state index >= 15 is 0 Å². The molecule has 4 nitrogen and oxygen atoms in total. The number of ether oxygens (including phenoxy) is 1. The fourth-order valence-corrected chi connectivity index (χ4v) is 1.68. The Hall–Kier alpha value is -2.01. The van der Waals surface area contributed by atoms with Gasteiger partial charge in [-0.05, 0) is 37.6 Å². The predicted molar refractivity (Wildman–Crippen MR) is 75.2 cm³/mol. The van der Waals surface area contributed by atoms with E-state index in [4.69, 9.17) is 4.74 Å². The van der Waals surface area contributed by atoms with Crippen LogP contribution >= 0.6 is 0 Å². The molecule has 1 N–H and O–H groups in total. The summed E-state index contributed by atoms with van der Waals surface area (Å²) in [7, 11) is 0. The number of hydrogen-bond acceptors (Lipinski definition) is 4. The lowest BCUT2D eigenvalue weighted by molar-refractivity contribution is 0.424. The number of aromatic nitrogens is 2. The van der Waals surface area contributed by atoms with E-state index in [-0.39, 0.29) is 11.6 Å². The number of rotatable bonds is 6. The summed E-state index contributed by atoms with van der Waals surface area (Å²) in [6.45, 7) is 5.58. The zero-order valence-electron chi connectivity index (χ0n) is 11.7. The summed E-state index contributed by atoms with van der Waals surface area (Å²) in [6, 6.07) is 4.70. The number of nitrogens with zero attached hydrogens (tertiary/aromatic N) is 2. The first kappa shape index (κ1) is 14.4. The molecule has 106 valence electrons. The van der Waals surface area contributed by atoms with Gasteiger partial charge in [0.05, 0.1) is 18.1 Å². The molecule has 0 amide bonds. The molecule has 1 aromatic heterocycles. The lowest BCUT2D eigenvalue weighted by Gasteiger charge is -2.07. The molecule has 5 heteroatoms. The Morgan fingerprint density at radius 1 is 1.25 bits per heavy atom. The molecule has 2 aromatic rings. The molecule has 20 heavy (non-hydrogen) atoms. The highest BCUT2D eigenvalue weighted by atomic mass is 19.1. The van der Waals surface area contributed by atoms with Crippen molar-refractivity contribution in [2.75, 3.05) is 6.54 Å². The van der Waals surface area contributed by atoms with Crippen molar-refractivity contribution in [2.24, 2.45) is 0 Å². The maximum atomic E-state index is 13.6. The third-order valence-corrected chi connectivity index (χ3v) is 2.72. The normalized spacial score (nSPS) is 10.6. The SMILES string of the molecule is CCCNCc1cnc(Oc2cc(C)ccc2F)cn1. The molecule has 2 rings (SSSR count). The zero-order valence-corrected chi connectivity index (χ0v) is 11.7. The Bertz CT molecular complexity index is 558. The van der Waals surface area contributed by atoms with Gasteiger partial charge in [-0.25, -0.2) is 9.37 Å². The molecule has 0 saturated heterocycles. The van der Waals surface area contributed by atoms with Gasteiger partial charge in [0.15, 0.2) is 11.6 Å². The highest BCUT2D eigenvalue weighted by Crippen LogP contribution is 2.23. The average molecular weight is 275 g/mol. The smallest absolute Gasteiger partial charge is 0.237 e. The van der Waals surface area contributed by atoms with Crippen molar-refractivity contribution in [3.63, 3.8) is 0 Å². The van der Waals surface area contributed by atoms with Crippen LogP contribution in [0.3, 0.4) is 0 Å². The van der Waals surface area contributed by atoms with Crippen molar-refractivity contribution in [1.29, 1.82) is 0 Å². The monoisotopic (exact) mass is 275 g/mol. The van der Waals surface area contributed by atoms with Gasteiger partial charge in [-0.3, -0.25) is 4.98 Å². The second kappa shape index (κ2) is 6.96. The predicted octanol–water partition coefficient (Wildman–Crippen LogP) is 3.22. The summed E-state index contributed by atoms with van der Waals surface area (Å²) in [5, 5.41) is 3.23. The molecular formula is C15H18FN3O. The lowest BCUT2D eigenvalue weighted by Crippen LogP contribution is -2.14. The fraction of sp³-hybridized carbons (Fsp3) is 0.333. The Morgan fingerprint density at radius 2 is 2.10 bits per heavy atom. The van der Waals surface area contributed by atoms with Gasteiger partial charge in [0.2, 0.25) is 5.88 Å². The van der Waals surface area contributed by atoms with Crippen molar-refractivity contribution in [3.8, 4) is 11.6 Å². The largest absolute Gasteiger partial charge is 0.434 e. The van der Waals surface area contributed by atoms with Crippen LogP contribution in [-0.4, -0.2) is 16.5 Å². The molecule has 0 bridgehead atoms. The summed E-state index contributed by atoms with van der Waals surface area (Å²) in [6.07, 6.45) is 4.21. The van der Waals surface area contributed by atoms with Crippen LogP contribution in [0, 0.1) is 12.7 Å². The number of aryl methyl sites for hydroxylation is 1. The highest BCUT2D eigenvalue weighted by Gasteiger charge is 2.06. The molecule has 0 aliphatic rings. The Labute approximate surface area is 118 Å². The average Bonchev–Trinajstić information content (AvgIpc) is 2.45. The number of halogens is 1. The lowest BCUT2D eigenvalue weighted by atomic mass is 10.2. The van der Waals surface area contributed by atoms with Crippen LogP contribution in [0.15, 0.2) is 30.6 Å². The number of benzene rings is 1. The van der Waals surface area contributed by atoms with Crippen LogP contribution in [0.4, 0.5) is 4.39 Å². The first-order chi connectivity index (χ1) is 9.69. The van der Waals surface area contributed by atoms with Crippen molar-refractivity contribution < 1.29 is 9.13 Å². The van der Waals surface area contributed by atoms with Crippen LogP contribution < -0.4 is 10.1 Å². The summed E-state index contributed by atoms with van der Waals surface area (Å²) in [4.78, 5) is 8.36. The summed E-state index contributed by atoms with van der Waals surface area (Å²) in [5.41, 5.74) is 1.75. The topological polar surface area (TPSA) is 47.0 Å². The van der Waals surface area contributed by atoms with E-state index in [9.17, 15) is 4.39 Å². The fourth-order valence-electron chi connectivity index (χ4n) is 1.68. The van der Waals surface area contributed by atoms with Gasteiger partial charge in [0.1, 0.15) is 0 Å². The zero-order chi connectivity index (χ0) is 14.4. The van der Waals surface area contributed by atoms with Crippen LogP contribution in [0.2, 0.25) is 0 Å². The van der Waals surface area contributed by atoms with Gasteiger partial charge in [-0.2, -0.15) is 0 Å². The molecule has 1 aromatic carbocycles. The Morgan fingerprint density at radius 3 is 2.80 bits per heavy atom. The van der Waals surface area contributed by atoms with Gasteiger partial charge >= 0.3 is 0 Å². The van der Waals surface area contributed by atoms with Crippen molar-refractivity contribution in [3.05, 3.63) is 47.7 Å². The summed E-state index contributed by atoms with van der Waals surface area (Å²) in [5.74, 6) is 0.0380.